The van der Waals surface area contributed by atoms with Crippen molar-refractivity contribution < 1.29 is 19.2 Å². The van der Waals surface area contributed by atoms with Crippen LogP contribution >= 0.6 is 15.9 Å². The zero-order chi connectivity index (χ0) is 15.6. The summed E-state index contributed by atoms with van der Waals surface area (Å²) in [4.78, 5) is 10.2. The number of hydrogen-bond donors (Lipinski definition) is 1. The Morgan fingerprint density at radius 1 is 1.33 bits per heavy atom. The van der Waals surface area contributed by atoms with Gasteiger partial charge in [0, 0.05) is 6.07 Å². The molecule has 7 heteroatoms. The van der Waals surface area contributed by atoms with Gasteiger partial charge in [-0.1, -0.05) is 6.07 Å². The van der Waals surface area contributed by atoms with Crippen molar-refractivity contribution in [1.82, 2.24) is 0 Å². The van der Waals surface area contributed by atoms with Crippen molar-refractivity contribution in [2.75, 3.05) is 0 Å². The Morgan fingerprint density at radius 3 is 2.67 bits per heavy atom. The quantitative estimate of drug-likeness (QED) is 0.653. The second-order valence-electron chi connectivity index (χ2n) is 4.30. The fourth-order valence-electron chi connectivity index (χ4n) is 1.81. The SMILES string of the molecule is CC(O)c1c(F)cccc1Oc1cc([N+](=O)[O-])ccc1Br. The smallest absolute Gasteiger partial charge is 0.273 e. The van der Waals surface area contributed by atoms with Gasteiger partial charge in [0.25, 0.3) is 5.69 Å². The molecule has 1 N–H and O–H groups in total. The molecular formula is C14H11BrFNO4. The van der Waals surface area contributed by atoms with Gasteiger partial charge in [-0.2, -0.15) is 0 Å². The first-order chi connectivity index (χ1) is 9.90. The zero-order valence-corrected chi connectivity index (χ0v) is 12.5. The molecule has 0 radical (unpaired) electrons. The average molecular weight is 356 g/mol. The lowest BCUT2D eigenvalue weighted by molar-refractivity contribution is -0.384. The lowest BCUT2D eigenvalue weighted by Crippen LogP contribution is -2.00. The first kappa shape index (κ1) is 15.4. The minimum atomic E-state index is -1.07. The highest BCUT2D eigenvalue weighted by molar-refractivity contribution is 9.10. The second-order valence-corrected chi connectivity index (χ2v) is 5.16. The van der Waals surface area contributed by atoms with Crippen LogP contribution in [0, 0.1) is 15.9 Å². The molecule has 0 aliphatic rings. The van der Waals surface area contributed by atoms with Crippen LogP contribution in [0.25, 0.3) is 0 Å². The molecule has 2 aromatic rings. The van der Waals surface area contributed by atoms with Crippen LogP contribution in [0.5, 0.6) is 11.5 Å². The maximum absolute atomic E-state index is 13.8. The Bertz CT molecular complexity index is 691. The summed E-state index contributed by atoms with van der Waals surface area (Å²) >= 11 is 3.21. The van der Waals surface area contributed by atoms with Crippen molar-refractivity contribution in [2.24, 2.45) is 0 Å². The second kappa shape index (κ2) is 6.19. The molecule has 0 amide bonds. The van der Waals surface area contributed by atoms with Crippen LogP contribution in [-0.2, 0) is 0 Å². The fraction of sp³-hybridized carbons (Fsp3) is 0.143. The van der Waals surface area contributed by atoms with E-state index >= 15 is 0 Å². The monoisotopic (exact) mass is 355 g/mol. The van der Waals surface area contributed by atoms with Gasteiger partial charge in [-0.25, -0.2) is 4.39 Å². The van der Waals surface area contributed by atoms with E-state index in [0.717, 1.165) is 0 Å². The molecule has 0 aromatic heterocycles. The van der Waals surface area contributed by atoms with E-state index in [9.17, 15) is 19.6 Å². The van der Waals surface area contributed by atoms with Crippen LogP contribution in [0.4, 0.5) is 10.1 Å². The van der Waals surface area contributed by atoms with E-state index in [0.29, 0.717) is 4.47 Å². The predicted molar refractivity (Wildman–Crippen MR) is 77.9 cm³/mol. The molecule has 1 atom stereocenters. The van der Waals surface area contributed by atoms with Gasteiger partial charge in [0.05, 0.1) is 27.1 Å². The molecule has 0 saturated heterocycles. The maximum Gasteiger partial charge on any atom is 0.273 e. The molecule has 0 bridgehead atoms. The molecule has 0 aliphatic heterocycles. The minimum absolute atomic E-state index is 0.00379. The average Bonchev–Trinajstić information content (AvgIpc) is 2.40. The number of rotatable bonds is 4. The first-order valence-corrected chi connectivity index (χ1v) is 6.77. The van der Waals surface area contributed by atoms with E-state index in [1.54, 1.807) is 0 Å². The van der Waals surface area contributed by atoms with Gasteiger partial charge in [0.1, 0.15) is 17.3 Å². The molecule has 0 saturated carbocycles. The fourth-order valence-corrected chi connectivity index (χ4v) is 2.14. The van der Waals surface area contributed by atoms with Gasteiger partial charge in [-0.3, -0.25) is 10.1 Å². The van der Waals surface area contributed by atoms with Crippen LogP contribution in [0.2, 0.25) is 0 Å². The van der Waals surface area contributed by atoms with E-state index in [1.165, 1.54) is 43.3 Å². The Kier molecular flexibility index (Phi) is 4.54. The number of aliphatic hydroxyl groups excluding tert-OH is 1. The third kappa shape index (κ3) is 3.37. The molecule has 0 aliphatic carbocycles. The van der Waals surface area contributed by atoms with Crippen LogP contribution in [0.15, 0.2) is 40.9 Å². The number of benzene rings is 2. The molecule has 1 unspecified atom stereocenters. The normalized spacial score (nSPS) is 12.0. The summed E-state index contributed by atoms with van der Waals surface area (Å²) in [7, 11) is 0. The molecule has 0 spiro atoms. The summed E-state index contributed by atoms with van der Waals surface area (Å²) in [5, 5.41) is 20.4. The number of nitrogens with zero attached hydrogens (tertiary/aromatic N) is 1. The zero-order valence-electron chi connectivity index (χ0n) is 10.9. The van der Waals surface area contributed by atoms with Gasteiger partial charge in [-0.05, 0) is 41.1 Å². The summed E-state index contributed by atoms with van der Waals surface area (Å²) < 4.78 is 19.8. The maximum atomic E-state index is 13.8. The summed E-state index contributed by atoms with van der Waals surface area (Å²) in [6.07, 6.45) is -1.07. The largest absolute Gasteiger partial charge is 0.455 e. The highest BCUT2D eigenvalue weighted by atomic mass is 79.9. The van der Waals surface area contributed by atoms with Crippen LogP contribution in [-0.4, -0.2) is 10.0 Å². The van der Waals surface area contributed by atoms with Crippen molar-refractivity contribution in [3.63, 3.8) is 0 Å². The molecule has 5 nitrogen and oxygen atoms in total. The summed E-state index contributed by atoms with van der Waals surface area (Å²) in [5.41, 5.74) is -0.154. The van der Waals surface area contributed by atoms with Gasteiger partial charge >= 0.3 is 0 Å². The third-order valence-electron chi connectivity index (χ3n) is 2.78. The molecule has 2 aromatic carbocycles. The Balaban J connectivity index is 2.45. The van der Waals surface area contributed by atoms with E-state index in [4.69, 9.17) is 4.74 Å². The van der Waals surface area contributed by atoms with E-state index in [2.05, 4.69) is 15.9 Å². The minimum Gasteiger partial charge on any atom is -0.455 e. The van der Waals surface area contributed by atoms with Gasteiger partial charge in [0.15, 0.2) is 0 Å². The van der Waals surface area contributed by atoms with Crippen LogP contribution in [0.1, 0.15) is 18.6 Å². The molecule has 110 valence electrons. The number of non-ortho nitro benzene ring substituents is 1. The van der Waals surface area contributed by atoms with E-state index in [1.807, 2.05) is 0 Å². The molecule has 21 heavy (non-hydrogen) atoms. The Labute approximate surface area is 128 Å². The summed E-state index contributed by atoms with van der Waals surface area (Å²) in [5.74, 6) is -0.341. The number of ether oxygens (including phenoxy) is 1. The first-order valence-electron chi connectivity index (χ1n) is 5.98. The number of nitro benzene ring substituents is 1. The molecule has 0 heterocycles. The van der Waals surface area contributed by atoms with Gasteiger partial charge < -0.3 is 9.84 Å². The number of hydrogen-bond acceptors (Lipinski definition) is 4. The van der Waals surface area contributed by atoms with Crippen molar-refractivity contribution in [3.8, 4) is 11.5 Å². The van der Waals surface area contributed by atoms with E-state index in [-0.39, 0.29) is 22.7 Å². The van der Waals surface area contributed by atoms with Crippen LogP contribution < -0.4 is 4.74 Å². The molecular weight excluding hydrogens is 345 g/mol. The molecule has 2 rings (SSSR count). The highest BCUT2D eigenvalue weighted by Gasteiger charge is 2.17. The molecule has 0 fully saturated rings. The van der Waals surface area contributed by atoms with Gasteiger partial charge in [0.2, 0.25) is 0 Å². The van der Waals surface area contributed by atoms with Crippen molar-refractivity contribution >= 4 is 21.6 Å². The van der Waals surface area contributed by atoms with Gasteiger partial charge in [-0.15, -0.1) is 0 Å². The van der Waals surface area contributed by atoms with Crippen molar-refractivity contribution in [1.29, 1.82) is 0 Å². The topological polar surface area (TPSA) is 72.6 Å². The van der Waals surface area contributed by atoms with Crippen molar-refractivity contribution in [2.45, 2.75) is 13.0 Å². The Hall–Kier alpha value is -1.99. The van der Waals surface area contributed by atoms with Crippen LogP contribution in [0.3, 0.4) is 0 Å². The van der Waals surface area contributed by atoms with E-state index < -0.39 is 16.8 Å². The third-order valence-corrected chi connectivity index (χ3v) is 3.43. The lowest BCUT2D eigenvalue weighted by atomic mass is 10.1. The summed E-state index contributed by atoms with van der Waals surface area (Å²) in [6.45, 7) is 1.41. The number of nitro groups is 1. The number of aliphatic hydroxyl groups is 1. The standard InChI is InChI=1S/C14H11BrFNO4/c1-8(18)14-11(16)3-2-4-12(14)21-13-7-9(17(19)20)5-6-10(13)15/h2-8,18H,1H3. The Morgan fingerprint density at radius 2 is 2.05 bits per heavy atom. The highest BCUT2D eigenvalue weighted by Crippen LogP contribution is 2.36. The van der Waals surface area contributed by atoms with Crippen molar-refractivity contribution in [3.05, 3.63) is 62.4 Å². The summed E-state index contributed by atoms with van der Waals surface area (Å²) in [6, 6.07) is 8.13. The number of halogens is 2. The lowest BCUT2D eigenvalue weighted by Gasteiger charge is -2.14. The predicted octanol–water partition coefficient (Wildman–Crippen LogP) is 4.34.